The maximum Gasteiger partial charge on any atom is 0.337 e. The number of anilines is 1. The molecule has 0 saturated heterocycles. The smallest absolute Gasteiger partial charge is 0.337 e. The number of benzene rings is 1. The number of rotatable bonds is 5. The summed E-state index contributed by atoms with van der Waals surface area (Å²) in [6, 6.07) is 4.66. The highest BCUT2D eigenvalue weighted by molar-refractivity contribution is 6.31. The van der Waals surface area contributed by atoms with Crippen molar-refractivity contribution in [2.45, 2.75) is 13.5 Å². The van der Waals surface area contributed by atoms with Crippen molar-refractivity contribution in [3.8, 4) is 0 Å². The second-order valence-electron chi connectivity index (χ2n) is 4.20. The number of carboxylic acid groups (broad SMARTS) is 1. The van der Waals surface area contributed by atoms with Crippen LogP contribution in [0.1, 0.15) is 15.9 Å². The van der Waals surface area contributed by atoms with Crippen LogP contribution in [0.5, 0.6) is 0 Å². The van der Waals surface area contributed by atoms with Gasteiger partial charge in [-0.2, -0.15) is 5.10 Å². The SMILES string of the molecule is Cc1cnn(CCNc2cc(Cl)ccc2C(=O)O)c1. The van der Waals surface area contributed by atoms with E-state index in [1.807, 2.05) is 13.1 Å². The first-order valence-corrected chi connectivity index (χ1v) is 6.20. The normalized spacial score (nSPS) is 10.4. The summed E-state index contributed by atoms with van der Waals surface area (Å²) < 4.78 is 1.80. The van der Waals surface area contributed by atoms with Crippen molar-refractivity contribution in [3.63, 3.8) is 0 Å². The zero-order valence-corrected chi connectivity index (χ0v) is 11.2. The molecule has 1 aromatic heterocycles. The minimum atomic E-state index is -0.978. The molecule has 0 aliphatic rings. The number of nitrogens with one attached hydrogen (secondary N) is 1. The third-order valence-electron chi connectivity index (χ3n) is 2.63. The van der Waals surface area contributed by atoms with Crippen LogP contribution in [0.4, 0.5) is 5.69 Å². The second-order valence-corrected chi connectivity index (χ2v) is 4.64. The lowest BCUT2D eigenvalue weighted by Gasteiger charge is -2.10. The number of carboxylic acids is 1. The van der Waals surface area contributed by atoms with Crippen LogP contribution in [-0.4, -0.2) is 27.4 Å². The third kappa shape index (κ3) is 3.48. The average Bonchev–Trinajstić information content (AvgIpc) is 2.75. The molecule has 0 unspecified atom stereocenters. The first-order valence-electron chi connectivity index (χ1n) is 5.82. The Balaban J connectivity index is 2.02. The molecule has 6 heteroatoms. The molecule has 100 valence electrons. The third-order valence-corrected chi connectivity index (χ3v) is 2.87. The number of aromatic carboxylic acids is 1. The average molecular weight is 280 g/mol. The van der Waals surface area contributed by atoms with Crippen LogP contribution < -0.4 is 5.32 Å². The molecule has 0 aliphatic carbocycles. The van der Waals surface area contributed by atoms with Gasteiger partial charge in [-0.3, -0.25) is 4.68 Å². The lowest BCUT2D eigenvalue weighted by Crippen LogP contribution is -2.13. The van der Waals surface area contributed by atoms with Crippen molar-refractivity contribution in [2.24, 2.45) is 0 Å². The van der Waals surface area contributed by atoms with Crippen LogP contribution in [0.25, 0.3) is 0 Å². The van der Waals surface area contributed by atoms with Crippen LogP contribution in [-0.2, 0) is 6.54 Å². The van der Waals surface area contributed by atoms with Gasteiger partial charge in [0.1, 0.15) is 0 Å². The maximum absolute atomic E-state index is 11.1. The monoisotopic (exact) mass is 279 g/mol. The van der Waals surface area contributed by atoms with E-state index in [0.717, 1.165) is 5.56 Å². The second kappa shape index (κ2) is 5.75. The van der Waals surface area contributed by atoms with E-state index in [-0.39, 0.29) is 5.56 Å². The van der Waals surface area contributed by atoms with Crippen molar-refractivity contribution < 1.29 is 9.90 Å². The van der Waals surface area contributed by atoms with E-state index in [1.54, 1.807) is 23.0 Å². The molecule has 5 nitrogen and oxygen atoms in total. The molecule has 19 heavy (non-hydrogen) atoms. The number of hydrogen-bond donors (Lipinski definition) is 2. The quantitative estimate of drug-likeness (QED) is 0.883. The topological polar surface area (TPSA) is 67.2 Å². The van der Waals surface area contributed by atoms with Gasteiger partial charge in [0.25, 0.3) is 0 Å². The molecule has 0 atom stereocenters. The van der Waals surface area contributed by atoms with Gasteiger partial charge in [0.05, 0.1) is 24.0 Å². The molecular weight excluding hydrogens is 266 g/mol. The van der Waals surface area contributed by atoms with E-state index < -0.39 is 5.97 Å². The van der Waals surface area contributed by atoms with Gasteiger partial charge >= 0.3 is 5.97 Å². The number of halogens is 1. The predicted octanol–water partition coefficient (Wildman–Crippen LogP) is 2.66. The van der Waals surface area contributed by atoms with Crippen LogP contribution >= 0.6 is 11.6 Å². The summed E-state index contributed by atoms with van der Waals surface area (Å²) in [5.74, 6) is -0.978. The molecule has 2 aromatic rings. The summed E-state index contributed by atoms with van der Waals surface area (Å²) in [5, 5.41) is 16.8. The van der Waals surface area contributed by atoms with Crippen molar-refractivity contribution >= 4 is 23.3 Å². The number of aromatic nitrogens is 2. The Morgan fingerprint density at radius 1 is 1.53 bits per heavy atom. The fourth-order valence-electron chi connectivity index (χ4n) is 1.74. The van der Waals surface area contributed by atoms with Gasteiger partial charge in [0, 0.05) is 17.8 Å². The summed E-state index contributed by atoms with van der Waals surface area (Å²) in [4.78, 5) is 11.1. The van der Waals surface area contributed by atoms with E-state index in [1.165, 1.54) is 6.07 Å². The van der Waals surface area contributed by atoms with Gasteiger partial charge in [0.15, 0.2) is 0 Å². The molecule has 2 rings (SSSR count). The minimum Gasteiger partial charge on any atom is -0.478 e. The Morgan fingerprint density at radius 3 is 2.95 bits per heavy atom. The highest BCUT2D eigenvalue weighted by Crippen LogP contribution is 2.20. The maximum atomic E-state index is 11.1. The summed E-state index contributed by atoms with van der Waals surface area (Å²) >= 11 is 5.87. The molecule has 1 aromatic carbocycles. The van der Waals surface area contributed by atoms with E-state index in [2.05, 4.69) is 10.4 Å². The molecule has 0 aliphatic heterocycles. The van der Waals surface area contributed by atoms with Crippen LogP contribution in [0.2, 0.25) is 5.02 Å². The lowest BCUT2D eigenvalue weighted by atomic mass is 10.2. The van der Waals surface area contributed by atoms with E-state index in [0.29, 0.717) is 23.8 Å². The highest BCUT2D eigenvalue weighted by atomic mass is 35.5. The molecule has 0 bridgehead atoms. The molecule has 0 saturated carbocycles. The Labute approximate surface area is 115 Å². The molecule has 0 radical (unpaired) electrons. The van der Waals surface area contributed by atoms with E-state index >= 15 is 0 Å². The summed E-state index contributed by atoms with van der Waals surface area (Å²) in [6.07, 6.45) is 3.71. The van der Waals surface area contributed by atoms with Crippen LogP contribution in [0.15, 0.2) is 30.6 Å². The van der Waals surface area contributed by atoms with Crippen molar-refractivity contribution in [1.82, 2.24) is 9.78 Å². The molecule has 0 amide bonds. The predicted molar refractivity (Wildman–Crippen MR) is 73.9 cm³/mol. The Hall–Kier alpha value is -2.01. The number of aryl methyl sites for hydroxylation is 1. The van der Waals surface area contributed by atoms with Gasteiger partial charge < -0.3 is 10.4 Å². The summed E-state index contributed by atoms with van der Waals surface area (Å²) in [7, 11) is 0. The van der Waals surface area contributed by atoms with Gasteiger partial charge in [-0.1, -0.05) is 11.6 Å². The molecule has 1 heterocycles. The van der Waals surface area contributed by atoms with Crippen molar-refractivity contribution in [1.29, 1.82) is 0 Å². The van der Waals surface area contributed by atoms with Crippen LogP contribution in [0.3, 0.4) is 0 Å². The molecule has 0 fully saturated rings. The van der Waals surface area contributed by atoms with Crippen LogP contribution in [0, 0.1) is 6.92 Å². The standard InChI is InChI=1S/C13H14ClN3O2/c1-9-7-16-17(8-9)5-4-15-12-6-10(14)2-3-11(12)13(18)19/h2-3,6-8,15H,4-5H2,1H3,(H,18,19). The van der Waals surface area contributed by atoms with Gasteiger partial charge in [-0.05, 0) is 30.7 Å². The van der Waals surface area contributed by atoms with Crippen molar-refractivity contribution in [3.05, 3.63) is 46.7 Å². The molecular formula is C13H14ClN3O2. The Morgan fingerprint density at radius 2 is 2.32 bits per heavy atom. The first-order chi connectivity index (χ1) is 9.06. The zero-order chi connectivity index (χ0) is 13.8. The summed E-state index contributed by atoms with van der Waals surface area (Å²) in [5.41, 5.74) is 1.82. The van der Waals surface area contributed by atoms with E-state index in [9.17, 15) is 4.79 Å². The van der Waals surface area contributed by atoms with E-state index in [4.69, 9.17) is 16.7 Å². The largest absolute Gasteiger partial charge is 0.478 e. The fourth-order valence-corrected chi connectivity index (χ4v) is 1.92. The minimum absolute atomic E-state index is 0.209. The number of hydrogen-bond acceptors (Lipinski definition) is 3. The number of carbonyl (C=O) groups is 1. The lowest BCUT2D eigenvalue weighted by molar-refractivity contribution is 0.0698. The first kappa shape index (κ1) is 13.4. The Kier molecular flexibility index (Phi) is 4.06. The Bertz CT molecular complexity index is 595. The fraction of sp³-hybridized carbons (Fsp3) is 0.231. The van der Waals surface area contributed by atoms with Gasteiger partial charge in [0.2, 0.25) is 0 Å². The zero-order valence-electron chi connectivity index (χ0n) is 10.4. The number of nitrogens with zero attached hydrogens (tertiary/aromatic N) is 2. The van der Waals surface area contributed by atoms with Crippen molar-refractivity contribution in [2.75, 3.05) is 11.9 Å². The summed E-state index contributed by atoms with van der Waals surface area (Å²) in [6.45, 7) is 3.19. The van der Waals surface area contributed by atoms with Gasteiger partial charge in [-0.15, -0.1) is 0 Å². The highest BCUT2D eigenvalue weighted by Gasteiger charge is 2.09. The van der Waals surface area contributed by atoms with Gasteiger partial charge in [-0.25, -0.2) is 4.79 Å². The molecule has 0 spiro atoms. The molecule has 2 N–H and O–H groups in total.